The van der Waals surface area contributed by atoms with E-state index in [0.29, 0.717) is 11.3 Å². The molecule has 0 bridgehead atoms. The Morgan fingerprint density at radius 3 is 2.43 bits per heavy atom. The molecule has 1 heteroatoms. The summed E-state index contributed by atoms with van der Waals surface area (Å²) in [7, 11) is 0. The van der Waals surface area contributed by atoms with E-state index in [9.17, 15) is 5.11 Å². The second kappa shape index (κ2) is 6.86. The van der Waals surface area contributed by atoms with Gasteiger partial charge in [-0.3, -0.25) is 0 Å². The minimum atomic E-state index is -0.461. The summed E-state index contributed by atoms with van der Waals surface area (Å²) in [6, 6.07) is 0. The third kappa shape index (κ3) is 3.05. The lowest BCUT2D eigenvalue weighted by molar-refractivity contribution is -0.237. The van der Waals surface area contributed by atoms with Gasteiger partial charge >= 0.3 is 0 Å². The molecule has 3 fully saturated rings. The van der Waals surface area contributed by atoms with E-state index in [1.54, 1.807) is 5.57 Å². The van der Waals surface area contributed by atoms with Gasteiger partial charge in [-0.05, 0) is 104 Å². The van der Waals surface area contributed by atoms with Gasteiger partial charge in [-0.2, -0.15) is 0 Å². The number of allylic oxidation sites excluding steroid dienone is 2. The highest BCUT2D eigenvalue weighted by Gasteiger charge is 2.65. The summed E-state index contributed by atoms with van der Waals surface area (Å²) in [6.45, 7) is 16.7. The molecule has 9 atom stereocenters. The Balaban J connectivity index is 1.57. The molecule has 1 nitrogen and oxygen atoms in total. The van der Waals surface area contributed by atoms with Gasteiger partial charge in [0.05, 0.1) is 5.60 Å². The second-order valence-corrected chi connectivity index (χ2v) is 12.7. The third-order valence-electron chi connectivity index (χ3n) is 10.4. The highest BCUT2D eigenvalue weighted by Crippen LogP contribution is 2.70. The molecule has 4 rings (SSSR count). The monoisotopic (exact) mass is 386 g/mol. The Morgan fingerprint density at radius 1 is 1.14 bits per heavy atom. The lowest BCUT2D eigenvalue weighted by atomic mass is 9.38. The van der Waals surface area contributed by atoms with Crippen molar-refractivity contribution >= 4 is 0 Å². The van der Waals surface area contributed by atoms with E-state index in [2.05, 4.69) is 54.5 Å². The Hall–Kier alpha value is -0.300. The average Bonchev–Trinajstić information content (AvgIpc) is 3.08. The van der Waals surface area contributed by atoms with Crippen molar-refractivity contribution in [3.63, 3.8) is 0 Å². The lowest BCUT2D eigenvalue weighted by Crippen LogP contribution is -2.65. The van der Waals surface area contributed by atoms with E-state index < -0.39 is 5.60 Å². The van der Waals surface area contributed by atoms with Crippen LogP contribution in [0.1, 0.15) is 99.8 Å². The summed E-state index contributed by atoms with van der Waals surface area (Å²) < 4.78 is 0. The molecule has 3 saturated carbocycles. The van der Waals surface area contributed by atoms with Gasteiger partial charge < -0.3 is 5.11 Å². The van der Waals surface area contributed by atoms with Crippen LogP contribution in [0.3, 0.4) is 0 Å². The second-order valence-electron chi connectivity index (χ2n) is 12.7. The van der Waals surface area contributed by atoms with Crippen molar-refractivity contribution in [1.82, 2.24) is 0 Å². The van der Waals surface area contributed by atoms with Crippen LogP contribution in [-0.4, -0.2) is 10.7 Å². The lowest BCUT2D eigenvalue weighted by Gasteiger charge is -2.68. The third-order valence-corrected chi connectivity index (χ3v) is 10.4. The van der Waals surface area contributed by atoms with Crippen LogP contribution in [0.5, 0.6) is 0 Å². The molecule has 0 heterocycles. The highest BCUT2D eigenvalue weighted by atomic mass is 16.3. The van der Waals surface area contributed by atoms with E-state index in [0.717, 1.165) is 41.9 Å². The van der Waals surface area contributed by atoms with Gasteiger partial charge in [-0.25, -0.2) is 0 Å². The smallest absolute Gasteiger partial charge is 0.0678 e. The minimum absolute atomic E-state index is 0.115. The SMILES string of the molecule is CC[C@H]1C[C@](C)(O)C1(C)CC1(C)CC2CC(C)CC(C3C=C(C(C)C)CC3)C21. The van der Waals surface area contributed by atoms with Gasteiger partial charge in [0.15, 0.2) is 0 Å². The normalized spacial score (nSPS) is 53.4. The molecule has 0 aromatic heterocycles. The first kappa shape index (κ1) is 21.0. The van der Waals surface area contributed by atoms with Gasteiger partial charge in [0.1, 0.15) is 0 Å². The van der Waals surface area contributed by atoms with Crippen molar-refractivity contribution in [3.8, 4) is 0 Å². The number of fused-ring (bicyclic) bond motifs is 1. The van der Waals surface area contributed by atoms with Crippen LogP contribution in [0, 0.1) is 52.3 Å². The number of aliphatic hydroxyl groups is 1. The maximum atomic E-state index is 11.1. The predicted octanol–water partition coefficient (Wildman–Crippen LogP) is 7.24. The molecule has 0 aromatic carbocycles. The number of rotatable bonds is 5. The Kier molecular flexibility index (Phi) is 5.13. The molecule has 28 heavy (non-hydrogen) atoms. The molecular formula is C27H46O. The van der Waals surface area contributed by atoms with Crippen molar-refractivity contribution in [2.75, 3.05) is 0 Å². The molecule has 4 aliphatic rings. The zero-order valence-corrected chi connectivity index (χ0v) is 19.7. The van der Waals surface area contributed by atoms with Crippen molar-refractivity contribution < 1.29 is 5.11 Å². The molecule has 0 aromatic rings. The molecule has 160 valence electrons. The molecule has 0 radical (unpaired) electrons. The molecule has 0 amide bonds. The van der Waals surface area contributed by atoms with Crippen LogP contribution in [0.25, 0.3) is 0 Å². The van der Waals surface area contributed by atoms with Crippen molar-refractivity contribution in [3.05, 3.63) is 11.6 Å². The van der Waals surface area contributed by atoms with E-state index in [-0.39, 0.29) is 5.41 Å². The first-order valence-corrected chi connectivity index (χ1v) is 12.4. The van der Waals surface area contributed by atoms with Gasteiger partial charge in [0.25, 0.3) is 0 Å². The zero-order chi connectivity index (χ0) is 20.5. The predicted molar refractivity (Wildman–Crippen MR) is 119 cm³/mol. The van der Waals surface area contributed by atoms with Gasteiger partial charge in [0.2, 0.25) is 0 Å². The van der Waals surface area contributed by atoms with Gasteiger partial charge in [0, 0.05) is 0 Å². The summed E-state index contributed by atoms with van der Waals surface area (Å²) in [5.41, 5.74) is 1.82. The summed E-state index contributed by atoms with van der Waals surface area (Å²) in [5, 5.41) is 11.1. The zero-order valence-electron chi connectivity index (χ0n) is 19.7. The molecule has 1 N–H and O–H groups in total. The number of hydrogen-bond acceptors (Lipinski definition) is 1. The summed E-state index contributed by atoms with van der Waals surface area (Å²) in [4.78, 5) is 0. The van der Waals surface area contributed by atoms with E-state index in [1.807, 2.05) is 0 Å². The van der Waals surface area contributed by atoms with Gasteiger partial charge in [-0.1, -0.05) is 59.6 Å². The summed E-state index contributed by atoms with van der Waals surface area (Å²) in [5.74, 6) is 5.88. The molecule has 0 aliphatic heterocycles. The minimum Gasteiger partial charge on any atom is -0.390 e. The van der Waals surface area contributed by atoms with Crippen LogP contribution >= 0.6 is 0 Å². The standard InChI is InChI=1S/C27H46O/c1-8-22-15-27(7,28)26(22,6)16-25(5)14-21-11-18(4)12-23(24(21)25)20-10-9-19(13-20)17(2)3/h13,17-18,20-24,28H,8-12,14-16H2,1-7H3/t18?,20?,21?,22-,23?,24?,25?,26?,27-/m0/s1. The Labute approximate surface area is 174 Å². The first-order chi connectivity index (χ1) is 13.0. The van der Waals surface area contributed by atoms with E-state index in [4.69, 9.17) is 0 Å². The van der Waals surface area contributed by atoms with Crippen LogP contribution < -0.4 is 0 Å². The van der Waals surface area contributed by atoms with Crippen molar-refractivity contribution in [2.24, 2.45) is 52.3 Å². The molecular weight excluding hydrogens is 340 g/mol. The fourth-order valence-corrected chi connectivity index (χ4v) is 8.83. The van der Waals surface area contributed by atoms with Crippen molar-refractivity contribution in [2.45, 2.75) is 105 Å². The largest absolute Gasteiger partial charge is 0.390 e. The van der Waals surface area contributed by atoms with Crippen LogP contribution in [-0.2, 0) is 0 Å². The van der Waals surface area contributed by atoms with Crippen LogP contribution in [0.4, 0.5) is 0 Å². The average molecular weight is 387 g/mol. The van der Waals surface area contributed by atoms with Crippen LogP contribution in [0.15, 0.2) is 11.6 Å². The fraction of sp³-hybridized carbons (Fsp3) is 0.926. The highest BCUT2D eigenvalue weighted by molar-refractivity contribution is 5.19. The topological polar surface area (TPSA) is 20.2 Å². The molecule has 0 spiro atoms. The Morgan fingerprint density at radius 2 is 1.86 bits per heavy atom. The first-order valence-electron chi connectivity index (χ1n) is 12.4. The van der Waals surface area contributed by atoms with E-state index >= 15 is 0 Å². The fourth-order valence-electron chi connectivity index (χ4n) is 8.83. The molecule has 0 saturated heterocycles. The quantitative estimate of drug-likeness (QED) is 0.493. The molecule has 7 unspecified atom stereocenters. The summed E-state index contributed by atoms with van der Waals surface area (Å²) >= 11 is 0. The van der Waals surface area contributed by atoms with Crippen LogP contribution in [0.2, 0.25) is 0 Å². The van der Waals surface area contributed by atoms with E-state index in [1.165, 1.54) is 44.9 Å². The van der Waals surface area contributed by atoms with Crippen molar-refractivity contribution in [1.29, 1.82) is 0 Å². The maximum absolute atomic E-state index is 11.1. The van der Waals surface area contributed by atoms with Gasteiger partial charge in [-0.15, -0.1) is 0 Å². The number of hydrogen-bond donors (Lipinski definition) is 1. The maximum Gasteiger partial charge on any atom is 0.0678 e. The summed E-state index contributed by atoms with van der Waals surface area (Å²) in [6.07, 6.45) is 13.2. The molecule has 4 aliphatic carbocycles. The Bertz CT molecular complexity index is 630.